The average molecular weight is 439 g/mol. The van der Waals surface area contributed by atoms with Crippen molar-refractivity contribution in [1.29, 1.82) is 0 Å². The van der Waals surface area contributed by atoms with E-state index in [4.69, 9.17) is 0 Å². The first-order valence-corrected chi connectivity index (χ1v) is 11.8. The van der Waals surface area contributed by atoms with Gasteiger partial charge in [0.05, 0.1) is 11.1 Å². The Kier molecular flexibility index (Phi) is 5.82. The summed E-state index contributed by atoms with van der Waals surface area (Å²) in [6.45, 7) is 4.83. The number of rotatable bonds is 4. The largest absolute Gasteiger partial charge is 0.316 e. The summed E-state index contributed by atoms with van der Waals surface area (Å²) in [5.41, 5.74) is 1.63. The number of imide groups is 2. The smallest absolute Gasteiger partial charge is 0.262 e. The predicted octanol–water partition coefficient (Wildman–Crippen LogP) is 1.30. The van der Waals surface area contributed by atoms with E-state index >= 15 is 0 Å². The zero-order chi connectivity index (χ0) is 22.2. The zero-order valence-electron chi connectivity index (χ0n) is 18.3. The van der Waals surface area contributed by atoms with Gasteiger partial charge in [0.1, 0.15) is 6.04 Å². The second-order valence-corrected chi connectivity index (χ2v) is 9.53. The van der Waals surface area contributed by atoms with Gasteiger partial charge >= 0.3 is 0 Å². The van der Waals surface area contributed by atoms with Crippen molar-refractivity contribution in [3.05, 3.63) is 34.9 Å². The van der Waals surface area contributed by atoms with Crippen LogP contribution in [0.25, 0.3) is 0 Å². The monoisotopic (exact) mass is 438 g/mol. The van der Waals surface area contributed by atoms with E-state index < -0.39 is 23.8 Å². The van der Waals surface area contributed by atoms with Gasteiger partial charge in [-0.3, -0.25) is 34.3 Å². The number of hydrogen-bond acceptors (Lipinski definition) is 6. The van der Waals surface area contributed by atoms with E-state index in [2.05, 4.69) is 15.5 Å². The highest BCUT2D eigenvalue weighted by Crippen LogP contribution is 2.33. The number of benzene rings is 1. The number of fused-ring (bicyclic) bond motifs is 1. The Labute approximate surface area is 187 Å². The number of piperidine rings is 3. The summed E-state index contributed by atoms with van der Waals surface area (Å²) < 4.78 is 0. The van der Waals surface area contributed by atoms with Crippen LogP contribution in [-0.4, -0.2) is 65.6 Å². The molecular formula is C24H30N4O4. The van der Waals surface area contributed by atoms with Gasteiger partial charge in [-0.15, -0.1) is 0 Å². The van der Waals surface area contributed by atoms with Crippen LogP contribution in [0.5, 0.6) is 0 Å². The van der Waals surface area contributed by atoms with Crippen LogP contribution in [0.1, 0.15) is 64.8 Å². The molecule has 32 heavy (non-hydrogen) atoms. The quantitative estimate of drug-likeness (QED) is 0.688. The van der Waals surface area contributed by atoms with Crippen molar-refractivity contribution in [1.82, 2.24) is 20.4 Å². The second-order valence-electron chi connectivity index (χ2n) is 9.53. The Hall–Kier alpha value is -2.58. The maximum absolute atomic E-state index is 13.3. The summed E-state index contributed by atoms with van der Waals surface area (Å²) in [5, 5.41) is 5.78. The summed E-state index contributed by atoms with van der Waals surface area (Å²) >= 11 is 0. The van der Waals surface area contributed by atoms with Gasteiger partial charge in [-0.25, -0.2) is 0 Å². The van der Waals surface area contributed by atoms with Crippen LogP contribution in [0.2, 0.25) is 0 Å². The fourth-order valence-corrected chi connectivity index (χ4v) is 5.86. The molecule has 4 amide bonds. The lowest BCUT2D eigenvalue weighted by atomic mass is 9.81. The molecule has 0 saturated carbocycles. The minimum Gasteiger partial charge on any atom is -0.316 e. The SMILES string of the molecule is O=C1CCC(N2C(=O)c3cccc(CN4CCCC(C5CCCNC5)C4)c3C2=O)C(=O)N1. The molecule has 0 radical (unpaired) electrons. The molecule has 1 aromatic rings. The van der Waals surface area contributed by atoms with Crippen LogP contribution < -0.4 is 10.6 Å². The van der Waals surface area contributed by atoms with E-state index in [1.807, 2.05) is 12.1 Å². The third kappa shape index (κ3) is 3.86. The molecule has 3 fully saturated rings. The van der Waals surface area contributed by atoms with Crippen LogP contribution in [0.3, 0.4) is 0 Å². The third-order valence-corrected chi connectivity index (χ3v) is 7.49. The molecule has 3 unspecified atom stereocenters. The second kappa shape index (κ2) is 8.75. The fourth-order valence-electron chi connectivity index (χ4n) is 5.86. The van der Waals surface area contributed by atoms with Gasteiger partial charge < -0.3 is 5.32 Å². The number of carbonyl (C=O) groups excluding carboxylic acids is 4. The number of carbonyl (C=O) groups is 4. The molecule has 1 aromatic carbocycles. The Morgan fingerprint density at radius 2 is 1.81 bits per heavy atom. The van der Waals surface area contributed by atoms with Crippen LogP contribution >= 0.6 is 0 Å². The number of hydrogen-bond donors (Lipinski definition) is 2. The maximum atomic E-state index is 13.3. The molecule has 4 aliphatic heterocycles. The van der Waals surface area contributed by atoms with Crippen LogP contribution in [0, 0.1) is 11.8 Å². The molecule has 4 aliphatic rings. The summed E-state index contributed by atoms with van der Waals surface area (Å²) in [5.74, 6) is -0.426. The van der Waals surface area contributed by atoms with E-state index in [-0.39, 0.29) is 18.7 Å². The fraction of sp³-hybridized carbons (Fsp3) is 0.583. The zero-order valence-corrected chi connectivity index (χ0v) is 18.3. The molecule has 0 bridgehead atoms. The Morgan fingerprint density at radius 3 is 2.59 bits per heavy atom. The van der Waals surface area contributed by atoms with Crippen molar-refractivity contribution in [3.8, 4) is 0 Å². The topological polar surface area (TPSA) is 98.8 Å². The van der Waals surface area contributed by atoms with Gasteiger partial charge in [-0.2, -0.15) is 0 Å². The third-order valence-electron chi connectivity index (χ3n) is 7.49. The van der Waals surface area contributed by atoms with Crippen molar-refractivity contribution in [2.24, 2.45) is 11.8 Å². The van der Waals surface area contributed by atoms with Gasteiger partial charge in [0, 0.05) is 19.5 Å². The van der Waals surface area contributed by atoms with E-state index in [9.17, 15) is 19.2 Å². The minimum absolute atomic E-state index is 0.127. The molecule has 0 aliphatic carbocycles. The number of nitrogens with one attached hydrogen (secondary N) is 2. The van der Waals surface area contributed by atoms with Crippen molar-refractivity contribution in [2.45, 2.75) is 51.1 Å². The first-order chi connectivity index (χ1) is 15.5. The Balaban J connectivity index is 1.34. The van der Waals surface area contributed by atoms with Crippen LogP contribution in [0.4, 0.5) is 0 Å². The van der Waals surface area contributed by atoms with Crippen LogP contribution in [0.15, 0.2) is 18.2 Å². The lowest BCUT2D eigenvalue weighted by Crippen LogP contribution is -2.54. The number of nitrogens with zero attached hydrogens (tertiary/aromatic N) is 2. The normalized spacial score (nSPS) is 29.2. The van der Waals surface area contributed by atoms with Gasteiger partial charge in [-0.05, 0) is 75.2 Å². The molecule has 4 heterocycles. The van der Waals surface area contributed by atoms with Crippen LogP contribution in [-0.2, 0) is 16.1 Å². The van der Waals surface area contributed by atoms with Gasteiger partial charge in [0.2, 0.25) is 11.8 Å². The first-order valence-electron chi connectivity index (χ1n) is 11.8. The van der Waals surface area contributed by atoms with Gasteiger partial charge in [-0.1, -0.05) is 12.1 Å². The molecule has 8 nitrogen and oxygen atoms in total. The summed E-state index contributed by atoms with van der Waals surface area (Å²) in [6.07, 6.45) is 5.21. The molecule has 3 atom stereocenters. The highest BCUT2D eigenvalue weighted by atomic mass is 16.2. The van der Waals surface area contributed by atoms with E-state index in [0.29, 0.717) is 29.5 Å². The molecule has 2 N–H and O–H groups in total. The molecule has 0 spiro atoms. The molecule has 5 rings (SSSR count). The van der Waals surface area contributed by atoms with E-state index in [1.165, 1.54) is 19.3 Å². The molecule has 8 heteroatoms. The van der Waals surface area contributed by atoms with E-state index in [0.717, 1.165) is 43.1 Å². The van der Waals surface area contributed by atoms with Gasteiger partial charge in [0.15, 0.2) is 0 Å². The lowest BCUT2D eigenvalue weighted by molar-refractivity contribution is -0.136. The van der Waals surface area contributed by atoms with Crippen molar-refractivity contribution in [3.63, 3.8) is 0 Å². The summed E-state index contributed by atoms with van der Waals surface area (Å²) in [6, 6.07) is 4.48. The highest BCUT2D eigenvalue weighted by molar-refractivity contribution is 6.24. The molecular weight excluding hydrogens is 408 g/mol. The highest BCUT2D eigenvalue weighted by Gasteiger charge is 2.45. The standard InChI is InChI=1S/C24H30N4O4/c29-20-9-8-19(22(30)26-20)28-23(31)18-7-1-4-17(21(18)24(28)32)14-27-11-3-6-16(13-27)15-5-2-10-25-12-15/h1,4,7,15-16,19,25H,2-3,5-6,8-14H2,(H,26,29,30). The first kappa shape index (κ1) is 21.3. The number of amides is 4. The van der Waals surface area contributed by atoms with Gasteiger partial charge in [0.25, 0.3) is 11.8 Å². The van der Waals surface area contributed by atoms with Crippen molar-refractivity contribution in [2.75, 3.05) is 26.2 Å². The maximum Gasteiger partial charge on any atom is 0.262 e. The Morgan fingerprint density at radius 1 is 0.969 bits per heavy atom. The lowest BCUT2D eigenvalue weighted by Gasteiger charge is -2.38. The molecule has 0 aromatic heterocycles. The molecule has 3 saturated heterocycles. The van der Waals surface area contributed by atoms with E-state index in [1.54, 1.807) is 6.07 Å². The summed E-state index contributed by atoms with van der Waals surface area (Å²) in [7, 11) is 0. The summed E-state index contributed by atoms with van der Waals surface area (Å²) in [4.78, 5) is 53.7. The van der Waals surface area contributed by atoms with Crippen molar-refractivity contribution < 1.29 is 19.2 Å². The average Bonchev–Trinajstić information content (AvgIpc) is 3.06. The van der Waals surface area contributed by atoms with Crippen molar-refractivity contribution >= 4 is 23.6 Å². The number of likely N-dealkylation sites (tertiary alicyclic amines) is 1. The Bertz CT molecular complexity index is 955. The minimum atomic E-state index is -0.925. The predicted molar refractivity (Wildman–Crippen MR) is 117 cm³/mol. The molecule has 170 valence electrons.